The zero-order chi connectivity index (χ0) is 12.3. The first-order chi connectivity index (χ1) is 8.16. The van der Waals surface area contributed by atoms with Crippen LogP contribution in [-0.2, 0) is 4.74 Å². The van der Waals surface area contributed by atoms with Crippen molar-refractivity contribution >= 4 is 27.3 Å². The van der Waals surface area contributed by atoms with Crippen molar-refractivity contribution in [2.45, 2.75) is 0 Å². The zero-order valence-corrected chi connectivity index (χ0v) is 10.6. The summed E-state index contributed by atoms with van der Waals surface area (Å²) in [6.45, 7) is 2.69. The minimum absolute atomic E-state index is 0.0692. The summed E-state index contributed by atoms with van der Waals surface area (Å²) < 4.78 is 6.02. The van der Waals surface area contributed by atoms with Crippen LogP contribution < -0.4 is 5.43 Å². The molecule has 7 heteroatoms. The van der Waals surface area contributed by atoms with Gasteiger partial charge in [0.25, 0.3) is 5.69 Å². The van der Waals surface area contributed by atoms with Crippen LogP contribution in [0.3, 0.4) is 0 Å². The topological polar surface area (TPSA) is 67.6 Å². The second-order valence-corrected chi connectivity index (χ2v) is 4.55. The van der Waals surface area contributed by atoms with Gasteiger partial charge in [0.15, 0.2) is 0 Å². The van der Waals surface area contributed by atoms with Crippen LogP contribution in [0.1, 0.15) is 0 Å². The molecular weight excluding hydrogens is 290 g/mol. The van der Waals surface area contributed by atoms with Gasteiger partial charge >= 0.3 is 0 Å². The fourth-order valence-electron chi connectivity index (χ4n) is 1.60. The Bertz CT molecular complexity index is 421. The summed E-state index contributed by atoms with van der Waals surface area (Å²) >= 11 is 3.30. The predicted octanol–water partition coefficient (Wildman–Crippen LogP) is 2.02. The van der Waals surface area contributed by atoms with E-state index < -0.39 is 4.92 Å². The molecule has 2 rings (SSSR count). The Hall–Kier alpha value is -1.18. The SMILES string of the molecule is O=[N+]([O-])c1ccc(Br)cc1NN1CCOCC1. The first-order valence-corrected chi connectivity index (χ1v) is 5.99. The van der Waals surface area contributed by atoms with E-state index >= 15 is 0 Å². The Morgan fingerprint density at radius 1 is 1.41 bits per heavy atom. The molecule has 0 aliphatic carbocycles. The molecule has 1 aliphatic rings. The van der Waals surface area contributed by atoms with Crippen molar-refractivity contribution in [3.63, 3.8) is 0 Å². The van der Waals surface area contributed by atoms with E-state index in [-0.39, 0.29) is 5.69 Å². The van der Waals surface area contributed by atoms with Gasteiger partial charge in [0, 0.05) is 23.6 Å². The molecule has 0 atom stereocenters. The Kier molecular flexibility index (Phi) is 3.93. The first kappa shape index (κ1) is 12.3. The number of hydrazine groups is 1. The summed E-state index contributed by atoms with van der Waals surface area (Å²) in [5.74, 6) is 0. The highest BCUT2D eigenvalue weighted by molar-refractivity contribution is 9.10. The van der Waals surface area contributed by atoms with Crippen LogP contribution in [0, 0.1) is 10.1 Å². The molecule has 1 saturated heterocycles. The second kappa shape index (κ2) is 5.44. The third-order valence-corrected chi connectivity index (χ3v) is 2.94. The number of hydrogen-bond donors (Lipinski definition) is 1. The lowest BCUT2D eigenvalue weighted by Crippen LogP contribution is -2.40. The van der Waals surface area contributed by atoms with Gasteiger partial charge < -0.3 is 10.2 Å². The molecule has 0 saturated carbocycles. The molecule has 1 fully saturated rings. The molecule has 1 aliphatic heterocycles. The molecule has 1 N–H and O–H groups in total. The van der Waals surface area contributed by atoms with E-state index in [1.54, 1.807) is 12.1 Å². The lowest BCUT2D eigenvalue weighted by molar-refractivity contribution is -0.384. The predicted molar refractivity (Wildman–Crippen MR) is 66.8 cm³/mol. The van der Waals surface area contributed by atoms with E-state index in [0.29, 0.717) is 32.0 Å². The monoisotopic (exact) mass is 301 g/mol. The fourth-order valence-corrected chi connectivity index (χ4v) is 1.96. The minimum Gasteiger partial charge on any atom is -0.379 e. The summed E-state index contributed by atoms with van der Waals surface area (Å²) in [6.07, 6.45) is 0. The number of hydrogen-bond acceptors (Lipinski definition) is 5. The van der Waals surface area contributed by atoms with Crippen molar-refractivity contribution in [1.82, 2.24) is 5.01 Å². The van der Waals surface area contributed by atoms with E-state index in [0.717, 1.165) is 4.47 Å². The van der Waals surface area contributed by atoms with E-state index in [9.17, 15) is 10.1 Å². The number of morpholine rings is 1. The van der Waals surface area contributed by atoms with Crippen LogP contribution in [0.15, 0.2) is 22.7 Å². The van der Waals surface area contributed by atoms with E-state index in [2.05, 4.69) is 21.4 Å². The van der Waals surface area contributed by atoms with Crippen LogP contribution in [0.2, 0.25) is 0 Å². The van der Waals surface area contributed by atoms with Gasteiger partial charge in [-0.1, -0.05) is 15.9 Å². The molecule has 1 aromatic rings. The number of nitrogens with one attached hydrogen (secondary N) is 1. The van der Waals surface area contributed by atoms with Gasteiger partial charge in [-0.05, 0) is 12.1 Å². The van der Waals surface area contributed by atoms with Crippen LogP contribution in [0.5, 0.6) is 0 Å². The number of ether oxygens (including phenoxy) is 1. The van der Waals surface area contributed by atoms with Crippen LogP contribution in [0.4, 0.5) is 11.4 Å². The molecule has 0 bridgehead atoms. The maximum atomic E-state index is 10.9. The molecule has 1 aromatic carbocycles. The van der Waals surface area contributed by atoms with Crippen LogP contribution >= 0.6 is 15.9 Å². The molecular formula is C10H12BrN3O3. The minimum atomic E-state index is -0.394. The fraction of sp³-hybridized carbons (Fsp3) is 0.400. The number of benzene rings is 1. The van der Waals surface area contributed by atoms with Gasteiger partial charge in [0.05, 0.1) is 18.1 Å². The van der Waals surface area contributed by atoms with E-state index in [1.807, 2.05) is 5.01 Å². The normalized spacial score (nSPS) is 16.8. The van der Waals surface area contributed by atoms with E-state index in [4.69, 9.17) is 4.74 Å². The van der Waals surface area contributed by atoms with Gasteiger partial charge in [-0.25, -0.2) is 5.01 Å². The molecule has 0 aromatic heterocycles. The van der Waals surface area contributed by atoms with Crippen molar-refractivity contribution in [2.24, 2.45) is 0 Å². The standard InChI is InChI=1S/C10H12BrN3O3/c11-8-1-2-10(14(15)16)9(7-8)12-13-3-5-17-6-4-13/h1-2,7,12H,3-6H2. The van der Waals surface area contributed by atoms with Gasteiger partial charge in [-0.15, -0.1) is 0 Å². The second-order valence-electron chi connectivity index (χ2n) is 3.63. The van der Waals surface area contributed by atoms with Crippen molar-refractivity contribution in [2.75, 3.05) is 31.7 Å². The molecule has 0 radical (unpaired) electrons. The number of rotatable bonds is 3. The Morgan fingerprint density at radius 3 is 2.76 bits per heavy atom. The van der Waals surface area contributed by atoms with Crippen molar-refractivity contribution in [1.29, 1.82) is 0 Å². The average Bonchev–Trinajstić information content (AvgIpc) is 2.30. The van der Waals surface area contributed by atoms with Crippen LogP contribution in [0.25, 0.3) is 0 Å². The molecule has 6 nitrogen and oxygen atoms in total. The average molecular weight is 302 g/mol. The first-order valence-electron chi connectivity index (χ1n) is 5.20. The van der Waals surface area contributed by atoms with Crippen molar-refractivity contribution in [3.8, 4) is 0 Å². The summed E-state index contributed by atoms with van der Waals surface area (Å²) in [7, 11) is 0. The highest BCUT2D eigenvalue weighted by Gasteiger charge is 2.17. The van der Waals surface area contributed by atoms with Crippen molar-refractivity contribution < 1.29 is 9.66 Å². The highest BCUT2D eigenvalue weighted by Crippen LogP contribution is 2.28. The smallest absolute Gasteiger partial charge is 0.293 e. The highest BCUT2D eigenvalue weighted by atomic mass is 79.9. The molecule has 0 amide bonds. The lowest BCUT2D eigenvalue weighted by Gasteiger charge is -2.27. The Labute approximate surface area is 107 Å². The maximum Gasteiger partial charge on any atom is 0.293 e. The summed E-state index contributed by atoms with van der Waals surface area (Å²) in [6, 6.07) is 4.84. The Balaban J connectivity index is 2.17. The lowest BCUT2D eigenvalue weighted by atomic mass is 10.3. The van der Waals surface area contributed by atoms with Gasteiger partial charge in [0.2, 0.25) is 0 Å². The largest absolute Gasteiger partial charge is 0.379 e. The quantitative estimate of drug-likeness (QED) is 0.683. The molecule has 0 spiro atoms. The molecule has 92 valence electrons. The maximum absolute atomic E-state index is 10.9. The van der Waals surface area contributed by atoms with Gasteiger partial charge in [-0.3, -0.25) is 10.1 Å². The van der Waals surface area contributed by atoms with Gasteiger partial charge in [-0.2, -0.15) is 0 Å². The summed E-state index contributed by atoms with van der Waals surface area (Å²) in [5.41, 5.74) is 3.61. The van der Waals surface area contributed by atoms with E-state index in [1.165, 1.54) is 6.07 Å². The molecule has 1 heterocycles. The van der Waals surface area contributed by atoms with Crippen LogP contribution in [-0.4, -0.2) is 36.2 Å². The molecule has 0 unspecified atom stereocenters. The number of halogens is 1. The molecule has 17 heavy (non-hydrogen) atoms. The number of nitrogens with zero attached hydrogens (tertiary/aromatic N) is 2. The number of anilines is 1. The zero-order valence-electron chi connectivity index (χ0n) is 9.06. The van der Waals surface area contributed by atoms with Gasteiger partial charge in [0.1, 0.15) is 5.69 Å². The number of nitro groups is 1. The summed E-state index contributed by atoms with van der Waals surface area (Å²) in [4.78, 5) is 10.5. The Morgan fingerprint density at radius 2 is 2.12 bits per heavy atom. The van der Waals surface area contributed by atoms with Crippen molar-refractivity contribution in [3.05, 3.63) is 32.8 Å². The summed E-state index contributed by atoms with van der Waals surface area (Å²) in [5, 5.41) is 12.8. The third-order valence-electron chi connectivity index (χ3n) is 2.44. The number of nitro benzene ring substituents is 1. The third kappa shape index (κ3) is 3.15.